The predicted octanol–water partition coefficient (Wildman–Crippen LogP) is 5.36. The van der Waals surface area contributed by atoms with E-state index in [1.807, 2.05) is 6.92 Å². The lowest BCUT2D eigenvalue weighted by molar-refractivity contribution is -0.140. The number of hydrogen-bond acceptors (Lipinski definition) is 5. The van der Waals surface area contributed by atoms with Crippen LogP contribution in [-0.2, 0) is 17.5 Å². The molecule has 0 aliphatic rings. The Labute approximate surface area is 213 Å². The molecular weight excluding hydrogens is 601 g/mol. The van der Waals surface area contributed by atoms with Crippen LogP contribution in [0.4, 0.5) is 23.2 Å². The number of nitrogens with zero attached hydrogens (tertiary/aromatic N) is 3. The van der Waals surface area contributed by atoms with Crippen molar-refractivity contribution >= 4 is 61.6 Å². The smallest absolute Gasteiger partial charge is 0.365 e. The molecule has 7 nitrogen and oxygen atoms in total. The van der Waals surface area contributed by atoms with Gasteiger partial charge in [-0.15, -0.1) is 11.3 Å². The molecule has 4 rings (SSSR count). The molecule has 3 heterocycles. The number of pyridine rings is 1. The number of halogens is 5. The SMILES string of the molecule is Cc1c(I)cnn1CCC(=O)Nc1c(C(N)=O)sc2nc(C(F)(F)F)cc(-c3ccc(F)cc3)c12. The number of nitrogens with two attached hydrogens (primary N) is 1. The van der Waals surface area contributed by atoms with Gasteiger partial charge in [0, 0.05) is 17.5 Å². The van der Waals surface area contributed by atoms with Crippen LogP contribution in [0.3, 0.4) is 0 Å². The molecule has 0 aliphatic heterocycles. The van der Waals surface area contributed by atoms with E-state index in [0.29, 0.717) is 11.3 Å². The fourth-order valence-electron chi connectivity index (χ4n) is 3.45. The number of primary amides is 1. The second-order valence-electron chi connectivity index (χ2n) is 7.51. The van der Waals surface area contributed by atoms with E-state index in [4.69, 9.17) is 5.73 Å². The summed E-state index contributed by atoms with van der Waals surface area (Å²) in [5.74, 6) is -2.00. The van der Waals surface area contributed by atoms with Crippen LogP contribution in [0.25, 0.3) is 21.3 Å². The lowest BCUT2D eigenvalue weighted by atomic mass is 10.0. The summed E-state index contributed by atoms with van der Waals surface area (Å²) in [7, 11) is 0. The maximum absolute atomic E-state index is 13.6. The molecule has 0 radical (unpaired) electrons. The van der Waals surface area contributed by atoms with Gasteiger partial charge in [-0.05, 0) is 58.8 Å². The van der Waals surface area contributed by atoms with Gasteiger partial charge >= 0.3 is 6.18 Å². The van der Waals surface area contributed by atoms with Crippen molar-refractivity contribution < 1.29 is 27.2 Å². The van der Waals surface area contributed by atoms with E-state index in [1.54, 1.807) is 10.9 Å². The largest absolute Gasteiger partial charge is 0.433 e. The summed E-state index contributed by atoms with van der Waals surface area (Å²) < 4.78 is 56.7. The molecular formula is C22H16F4IN5O2S. The highest BCUT2D eigenvalue weighted by molar-refractivity contribution is 14.1. The van der Waals surface area contributed by atoms with Gasteiger partial charge in [-0.25, -0.2) is 9.37 Å². The first-order chi connectivity index (χ1) is 16.5. The minimum absolute atomic E-state index is 0.0198. The van der Waals surface area contributed by atoms with E-state index in [1.165, 1.54) is 12.1 Å². The first kappa shape index (κ1) is 25.0. The van der Waals surface area contributed by atoms with Gasteiger partial charge in [-0.3, -0.25) is 14.3 Å². The number of carbonyl (C=O) groups is 2. The molecule has 1 aromatic carbocycles. The second-order valence-corrected chi connectivity index (χ2v) is 9.67. The lowest BCUT2D eigenvalue weighted by Crippen LogP contribution is -2.18. The molecule has 13 heteroatoms. The van der Waals surface area contributed by atoms with Gasteiger partial charge in [0.15, 0.2) is 0 Å². The van der Waals surface area contributed by atoms with Gasteiger partial charge in [-0.1, -0.05) is 12.1 Å². The Morgan fingerprint density at radius 1 is 1.23 bits per heavy atom. The molecule has 0 aliphatic carbocycles. The van der Waals surface area contributed by atoms with E-state index >= 15 is 0 Å². The monoisotopic (exact) mass is 617 g/mol. The average Bonchev–Trinajstić information content (AvgIpc) is 3.32. The van der Waals surface area contributed by atoms with Crippen molar-refractivity contribution in [2.24, 2.45) is 5.73 Å². The van der Waals surface area contributed by atoms with Crippen LogP contribution in [-0.4, -0.2) is 26.6 Å². The summed E-state index contributed by atoms with van der Waals surface area (Å²) in [4.78, 5) is 28.3. The fraction of sp³-hybridized carbons (Fsp3) is 0.182. The Bertz CT molecular complexity index is 1450. The van der Waals surface area contributed by atoms with Crippen molar-refractivity contribution in [2.75, 3.05) is 5.32 Å². The number of aryl methyl sites for hydroxylation is 1. The Morgan fingerprint density at radius 3 is 2.49 bits per heavy atom. The molecule has 0 bridgehead atoms. The van der Waals surface area contributed by atoms with E-state index in [0.717, 1.165) is 27.5 Å². The lowest BCUT2D eigenvalue weighted by Gasteiger charge is -2.12. The third-order valence-corrected chi connectivity index (χ3v) is 7.35. The van der Waals surface area contributed by atoms with E-state index in [9.17, 15) is 27.2 Å². The molecule has 2 amide bonds. The van der Waals surface area contributed by atoms with Crippen molar-refractivity contribution in [2.45, 2.75) is 26.1 Å². The first-order valence-electron chi connectivity index (χ1n) is 10.0. The summed E-state index contributed by atoms with van der Waals surface area (Å²) in [5, 5.41) is 6.92. The van der Waals surface area contributed by atoms with E-state index in [2.05, 4.69) is 38.0 Å². The summed E-state index contributed by atoms with van der Waals surface area (Å²) in [6.45, 7) is 2.10. The third-order valence-electron chi connectivity index (χ3n) is 5.19. The third kappa shape index (κ3) is 5.15. The number of amides is 2. The Morgan fingerprint density at radius 2 is 1.91 bits per heavy atom. The van der Waals surface area contributed by atoms with Crippen LogP contribution in [0.1, 0.15) is 27.5 Å². The topological polar surface area (TPSA) is 103 Å². The number of anilines is 1. The second kappa shape index (κ2) is 9.53. The maximum atomic E-state index is 13.6. The highest BCUT2D eigenvalue weighted by Gasteiger charge is 2.35. The molecule has 182 valence electrons. The molecule has 4 aromatic rings. The number of hydrogen-bond donors (Lipinski definition) is 2. The molecule has 3 N–H and O–H groups in total. The summed E-state index contributed by atoms with van der Waals surface area (Å²) >= 11 is 2.76. The van der Waals surface area contributed by atoms with Gasteiger partial charge in [0.1, 0.15) is 21.2 Å². The molecule has 0 saturated heterocycles. The minimum Gasteiger partial charge on any atom is -0.365 e. The van der Waals surface area contributed by atoms with Gasteiger partial charge < -0.3 is 11.1 Å². The van der Waals surface area contributed by atoms with Crippen LogP contribution < -0.4 is 11.1 Å². The maximum Gasteiger partial charge on any atom is 0.433 e. The standard InChI is InChI=1S/C22H16F4IN5O2S/c1-10-14(27)9-29-32(10)7-6-16(33)31-18-17-13(11-2-4-12(23)5-3-11)8-15(22(24,25)26)30-21(17)35-19(18)20(28)34/h2-5,8-9H,6-7H2,1H3,(H2,28,34)(H,31,33). The quantitative estimate of drug-likeness (QED) is 0.225. The molecule has 0 fully saturated rings. The minimum atomic E-state index is -4.78. The zero-order chi connectivity index (χ0) is 25.5. The zero-order valence-electron chi connectivity index (χ0n) is 17.9. The van der Waals surface area contributed by atoms with Crippen molar-refractivity contribution in [1.29, 1.82) is 0 Å². The zero-order valence-corrected chi connectivity index (χ0v) is 20.9. The van der Waals surface area contributed by atoms with Gasteiger partial charge in [0.2, 0.25) is 5.91 Å². The molecule has 0 saturated carbocycles. The van der Waals surface area contributed by atoms with E-state index < -0.39 is 29.5 Å². The van der Waals surface area contributed by atoms with Gasteiger partial charge in [0.05, 0.1) is 22.0 Å². The Hall–Kier alpha value is -3.07. The van der Waals surface area contributed by atoms with Crippen molar-refractivity contribution in [3.63, 3.8) is 0 Å². The van der Waals surface area contributed by atoms with E-state index in [-0.39, 0.29) is 44.9 Å². The number of aromatic nitrogens is 3. The molecule has 0 unspecified atom stereocenters. The van der Waals surface area contributed by atoms with Crippen LogP contribution in [0.5, 0.6) is 0 Å². The molecule has 35 heavy (non-hydrogen) atoms. The van der Waals surface area contributed by atoms with Crippen LogP contribution in [0, 0.1) is 16.3 Å². The molecule has 0 atom stereocenters. The van der Waals surface area contributed by atoms with Crippen molar-refractivity contribution in [3.05, 3.63) is 62.2 Å². The molecule has 0 spiro atoms. The number of nitrogens with one attached hydrogen (secondary N) is 1. The number of carbonyl (C=O) groups excluding carboxylic acids is 2. The number of rotatable bonds is 6. The molecule has 3 aromatic heterocycles. The first-order valence-corrected chi connectivity index (χ1v) is 11.9. The highest BCUT2D eigenvalue weighted by atomic mass is 127. The van der Waals surface area contributed by atoms with Gasteiger partial charge in [-0.2, -0.15) is 18.3 Å². The normalized spacial score (nSPS) is 11.7. The highest BCUT2D eigenvalue weighted by Crippen LogP contribution is 2.43. The number of thiophene rings is 1. The number of fused-ring (bicyclic) bond motifs is 1. The van der Waals surface area contributed by atoms with Crippen LogP contribution in [0.15, 0.2) is 36.5 Å². The Kier molecular flexibility index (Phi) is 6.81. The fourth-order valence-corrected chi connectivity index (χ4v) is 4.86. The van der Waals surface area contributed by atoms with Crippen molar-refractivity contribution in [1.82, 2.24) is 14.8 Å². The number of alkyl halides is 3. The van der Waals surface area contributed by atoms with Crippen LogP contribution >= 0.6 is 33.9 Å². The van der Waals surface area contributed by atoms with Gasteiger partial charge in [0.25, 0.3) is 5.91 Å². The van der Waals surface area contributed by atoms with Crippen LogP contribution in [0.2, 0.25) is 0 Å². The Balaban J connectivity index is 1.81. The summed E-state index contributed by atoms with van der Waals surface area (Å²) in [6, 6.07) is 5.61. The summed E-state index contributed by atoms with van der Waals surface area (Å²) in [6.07, 6.45) is -3.14. The van der Waals surface area contributed by atoms with Crippen molar-refractivity contribution in [3.8, 4) is 11.1 Å². The average molecular weight is 617 g/mol. The number of benzene rings is 1. The summed E-state index contributed by atoms with van der Waals surface area (Å²) in [5.41, 5.74) is 5.40. The predicted molar refractivity (Wildman–Crippen MR) is 131 cm³/mol.